The second-order valence-electron chi connectivity index (χ2n) is 4.41. The number of nitrogens with zero attached hydrogens (tertiary/aromatic N) is 1. The lowest BCUT2D eigenvalue weighted by atomic mass is 10.1. The molecule has 2 aromatic rings. The minimum absolute atomic E-state index is 0.295. The normalized spacial score (nSPS) is 12.8. The highest BCUT2D eigenvalue weighted by Crippen LogP contribution is 2.22. The lowest BCUT2D eigenvalue weighted by Crippen LogP contribution is -2.24. The summed E-state index contributed by atoms with van der Waals surface area (Å²) in [6, 6.07) is 4.77. The van der Waals surface area contributed by atoms with Gasteiger partial charge < -0.3 is 10.3 Å². The molecule has 0 bridgehead atoms. The summed E-state index contributed by atoms with van der Waals surface area (Å²) in [7, 11) is 0. The van der Waals surface area contributed by atoms with Crippen molar-refractivity contribution in [3.8, 4) is 0 Å². The number of H-pyrrole nitrogens is 1. The summed E-state index contributed by atoms with van der Waals surface area (Å²) in [4.78, 5) is 10.5. The van der Waals surface area contributed by atoms with E-state index in [9.17, 15) is 0 Å². The first-order valence-corrected chi connectivity index (χ1v) is 7.45. The average molecular weight is 263 g/mol. The van der Waals surface area contributed by atoms with Crippen molar-refractivity contribution >= 4 is 11.3 Å². The molecule has 1 atom stereocenters. The summed E-state index contributed by atoms with van der Waals surface area (Å²) in [5.74, 6) is 1.04. The topological polar surface area (TPSA) is 40.7 Å². The Morgan fingerprint density at radius 3 is 2.78 bits per heavy atom. The van der Waals surface area contributed by atoms with Crippen molar-refractivity contribution in [3.63, 3.8) is 0 Å². The highest BCUT2D eigenvalue weighted by atomic mass is 32.1. The fourth-order valence-corrected chi connectivity index (χ4v) is 2.98. The van der Waals surface area contributed by atoms with Crippen molar-refractivity contribution in [2.75, 3.05) is 6.54 Å². The van der Waals surface area contributed by atoms with Crippen LogP contribution in [0.25, 0.3) is 0 Å². The molecule has 0 aliphatic heterocycles. The van der Waals surface area contributed by atoms with Crippen molar-refractivity contribution in [1.82, 2.24) is 15.3 Å². The van der Waals surface area contributed by atoms with Crippen LogP contribution in [-0.2, 0) is 12.8 Å². The van der Waals surface area contributed by atoms with E-state index < -0.39 is 0 Å². The maximum absolute atomic E-state index is 4.38. The van der Waals surface area contributed by atoms with Crippen molar-refractivity contribution in [2.45, 2.75) is 39.2 Å². The second kappa shape index (κ2) is 6.71. The fraction of sp³-hybridized carbons (Fsp3) is 0.500. The molecule has 2 rings (SSSR count). The molecule has 0 aliphatic carbocycles. The van der Waals surface area contributed by atoms with Crippen molar-refractivity contribution in [2.24, 2.45) is 0 Å². The maximum atomic E-state index is 4.38. The Kier molecular flexibility index (Phi) is 4.96. The predicted molar refractivity (Wildman–Crippen MR) is 77.0 cm³/mol. The van der Waals surface area contributed by atoms with Crippen molar-refractivity contribution in [1.29, 1.82) is 0 Å². The molecule has 0 saturated carbocycles. The van der Waals surface area contributed by atoms with E-state index in [1.54, 1.807) is 0 Å². The van der Waals surface area contributed by atoms with Gasteiger partial charge >= 0.3 is 0 Å². The van der Waals surface area contributed by atoms with Crippen LogP contribution >= 0.6 is 11.3 Å². The Balaban J connectivity index is 2.04. The van der Waals surface area contributed by atoms with Crippen LogP contribution in [0.15, 0.2) is 24.5 Å². The van der Waals surface area contributed by atoms with Crippen LogP contribution in [0.5, 0.6) is 0 Å². The van der Waals surface area contributed by atoms with Gasteiger partial charge in [-0.05, 0) is 31.5 Å². The molecule has 0 aromatic carbocycles. The third-order valence-corrected chi connectivity index (χ3v) is 4.21. The first kappa shape index (κ1) is 13.3. The lowest BCUT2D eigenvalue weighted by molar-refractivity contribution is 0.511. The standard InChI is InChI=1S/C14H21N3S/c1-3-7-15-13(14-16-8-9-17-14)10-12-6-5-11(4-2)18-12/h5-6,8-9,13,15H,3-4,7,10H2,1-2H3,(H,16,17). The van der Waals surface area contributed by atoms with Crippen LogP contribution in [0.3, 0.4) is 0 Å². The van der Waals surface area contributed by atoms with E-state index >= 15 is 0 Å². The maximum Gasteiger partial charge on any atom is 0.123 e. The van der Waals surface area contributed by atoms with Gasteiger partial charge in [0.15, 0.2) is 0 Å². The van der Waals surface area contributed by atoms with Gasteiger partial charge in [0.05, 0.1) is 6.04 Å². The molecule has 98 valence electrons. The van der Waals surface area contributed by atoms with Crippen LogP contribution in [0.4, 0.5) is 0 Å². The zero-order chi connectivity index (χ0) is 12.8. The molecule has 1 unspecified atom stereocenters. The number of thiophene rings is 1. The number of nitrogens with one attached hydrogen (secondary N) is 2. The van der Waals surface area contributed by atoms with Gasteiger partial charge in [-0.2, -0.15) is 0 Å². The summed E-state index contributed by atoms with van der Waals surface area (Å²) in [6.45, 7) is 5.42. The predicted octanol–water partition coefficient (Wildman–Crippen LogP) is 3.32. The zero-order valence-corrected chi connectivity index (χ0v) is 11.9. The molecule has 0 aliphatic rings. The number of aryl methyl sites for hydroxylation is 1. The highest BCUT2D eigenvalue weighted by molar-refractivity contribution is 7.11. The summed E-state index contributed by atoms with van der Waals surface area (Å²) in [5, 5.41) is 3.56. The number of hydrogen-bond donors (Lipinski definition) is 2. The minimum Gasteiger partial charge on any atom is -0.347 e. The minimum atomic E-state index is 0.295. The van der Waals surface area contributed by atoms with Gasteiger partial charge in [0.25, 0.3) is 0 Å². The van der Waals surface area contributed by atoms with Gasteiger partial charge in [0.1, 0.15) is 5.82 Å². The Morgan fingerprint density at radius 2 is 2.17 bits per heavy atom. The molecule has 2 N–H and O–H groups in total. The number of hydrogen-bond acceptors (Lipinski definition) is 3. The first-order valence-electron chi connectivity index (χ1n) is 6.63. The number of rotatable bonds is 7. The molecule has 2 heterocycles. The van der Waals surface area contributed by atoms with Crippen LogP contribution in [0.1, 0.15) is 41.9 Å². The zero-order valence-electron chi connectivity index (χ0n) is 11.1. The molecule has 18 heavy (non-hydrogen) atoms. The van der Waals surface area contributed by atoms with E-state index in [2.05, 4.69) is 41.3 Å². The SMILES string of the molecule is CCCNC(Cc1ccc(CC)s1)c1ncc[nH]1. The molecular weight excluding hydrogens is 242 g/mol. The second-order valence-corrected chi connectivity index (χ2v) is 5.66. The molecule has 3 nitrogen and oxygen atoms in total. The van der Waals surface area contributed by atoms with Crippen molar-refractivity contribution < 1.29 is 0 Å². The third kappa shape index (κ3) is 3.43. The lowest BCUT2D eigenvalue weighted by Gasteiger charge is -2.15. The van der Waals surface area contributed by atoms with Gasteiger partial charge in [-0.1, -0.05) is 13.8 Å². The number of aromatic amines is 1. The van der Waals surface area contributed by atoms with E-state index in [0.717, 1.165) is 31.6 Å². The monoisotopic (exact) mass is 263 g/mol. The van der Waals surface area contributed by atoms with Crippen LogP contribution in [0.2, 0.25) is 0 Å². The number of aromatic nitrogens is 2. The molecule has 0 amide bonds. The molecule has 0 spiro atoms. The fourth-order valence-electron chi connectivity index (χ4n) is 1.98. The number of imidazole rings is 1. The third-order valence-electron chi connectivity index (χ3n) is 2.96. The first-order chi connectivity index (χ1) is 8.83. The van der Waals surface area contributed by atoms with E-state index in [-0.39, 0.29) is 0 Å². The molecule has 0 radical (unpaired) electrons. The molecular formula is C14H21N3S. The molecule has 0 saturated heterocycles. The van der Waals surface area contributed by atoms with E-state index in [1.807, 2.05) is 23.7 Å². The van der Waals surface area contributed by atoms with Gasteiger partial charge in [-0.3, -0.25) is 0 Å². The van der Waals surface area contributed by atoms with Crippen LogP contribution < -0.4 is 5.32 Å². The van der Waals surface area contributed by atoms with Gasteiger partial charge in [-0.25, -0.2) is 4.98 Å². The van der Waals surface area contributed by atoms with Crippen LogP contribution in [-0.4, -0.2) is 16.5 Å². The summed E-state index contributed by atoms with van der Waals surface area (Å²) in [5.41, 5.74) is 0. The summed E-state index contributed by atoms with van der Waals surface area (Å²) >= 11 is 1.91. The summed E-state index contributed by atoms with van der Waals surface area (Å²) in [6.07, 6.45) is 6.99. The highest BCUT2D eigenvalue weighted by Gasteiger charge is 2.14. The molecule has 2 aromatic heterocycles. The Labute approximate surface area is 113 Å². The Bertz CT molecular complexity index is 447. The van der Waals surface area contributed by atoms with E-state index in [4.69, 9.17) is 0 Å². The summed E-state index contributed by atoms with van der Waals surface area (Å²) < 4.78 is 0. The van der Waals surface area contributed by atoms with Crippen LogP contribution in [0, 0.1) is 0 Å². The molecule has 0 fully saturated rings. The average Bonchev–Trinajstić information content (AvgIpc) is 3.05. The van der Waals surface area contributed by atoms with Gasteiger partial charge in [0, 0.05) is 28.6 Å². The Morgan fingerprint density at radius 1 is 1.33 bits per heavy atom. The van der Waals surface area contributed by atoms with Gasteiger partial charge in [-0.15, -0.1) is 11.3 Å². The van der Waals surface area contributed by atoms with Gasteiger partial charge in [0.2, 0.25) is 0 Å². The molecule has 4 heteroatoms. The Hall–Kier alpha value is -1.13. The van der Waals surface area contributed by atoms with E-state index in [0.29, 0.717) is 6.04 Å². The smallest absolute Gasteiger partial charge is 0.123 e. The quantitative estimate of drug-likeness (QED) is 0.804. The van der Waals surface area contributed by atoms with E-state index in [1.165, 1.54) is 9.75 Å². The largest absolute Gasteiger partial charge is 0.347 e. The van der Waals surface area contributed by atoms with Crippen molar-refractivity contribution in [3.05, 3.63) is 40.1 Å².